The first kappa shape index (κ1) is 16.0. The summed E-state index contributed by atoms with van der Waals surface area (Å²) in [7, 11) is 0. The first-order chi connectivity index (χ1) is 9.04. The Hall–Kier alpha value is -1.10. The summed E-state index contributed by atoms with van der Waals surface area (Å²) < 4.78 is 0. The van der Waals surface area contributed by atoms with E-state index in [1.807, 2.05) is 6.92 Å². The molecule has 1 aliphatic heterocycles. The van der Waals surface area contributed by atoms with Crippen LogP contribution in [0, 0.1) is 11.8 Å². The maximum Gasteiger partial charge on any atom is 0.224 e. The lowest BCUT2D eigenvalue weighted by molar-refractivity contribution is -0.133. The largest absolute Gasteiger partial charge is 0.396 e. The minimum absolute atomic E-state index is 0.0503. The van der Waals surface area contributed by atoms with Crippen LogP contribution in [0.15, 0.2) is 0 Å². The van der Waals surface area contributed by atoms with E-state index in [9.17, 15) is 9.59 Å². The molecule has 0 spiro atoms. The van der Waals surface area contributed by atoms with Gasteiger partial charge in [0.15, 0.2) is 0 Å². The SMILES string of the molecule is CC(=O)N1CCCC(C(=O)NCCCC(C)CO)C1. The van der Waals surface area contributed by atoms with Crippen molar-refractivity contribution in [2.75, 3.05) is 26.2 Å². The first-order valence-corrected chi connectivity index (χ1v) is 7.18. The number of carbonyl (C=O) groups excluding carboxylic acids is 2. The van der Waals surface area contributed by atoms with Gasteiger partial charge in [-0.25, -0.2) is 0 Å². The monoisotopic (exact) mass is 270 g/mol. The van der Waals surface area contributed by atoms with Crippen LogP contribution in [0.1, 0.15) is 39.5 Å². The maximum absolute atomic E-state index is 12.0. The number of hydrogen-bond donors (Lipinski definition) is 2. The van der Waals surface area contributed by atoms with E-state index in [0.29, 0.717) is 19.0 Å². The number of rotatable bonds is 6. The van der Waals surface area contributed by atoms with E-state index in [0.717, 1.165) is 32.2 Å². The van der Waals surface area contributed by atoms with Crippen molar-refractivity contribution in [3.05, 3.63) is 0 Å². The van der Waals surface area contributed by atoms with Gasteiger partial charge in [0.25, 0.3) is 0 Å². The predicted octanol–water partition coefficient (Wildman–Crippen LogP) is 0.770. The Morgan fingerprint density at radius 1 is 1.47 bits per heavy atom. The van der Waals surface area contributed by atoms with Crippen LogP contribution in [-0.4, -0.2) is 48.1 Å². The molecule has 0 aliphatic carbocycles. The molecule has 19 heavy (non-hydrogen) atoms. The van der Waals surface area contributed by atoms with E-state index in [2.05, 4.69) is 5.32 Å². The smallest absolute Gasteiger partial charge is 0.224 e. The van der Waals surface area contributed by atoms with E-state index < -0.39 is 0 Å². The van der Waals surface area contributed by atoms with E-state index in [-0.39, 0.29) is 24.3 Å². The molecule has 2 N–H and O–H groups in total. The molecule has 0 aromatic rings. The van der Waals surface area contributed by atoms with Gasteiger partial charge < -0.3 is 15.3 Å². The molecule has 2 unspecified atom stereocenters. The van der Waals surface area contributed by atoms with E-state index in [1.165, 1.54) is 0 Å². The molecule has 0 bridgehead atoms. The van der Waals surface area contributed by atoms with Gasteiger partial charge in [-0.3, -0.25) is 9.59 Å². The molecule has 1 heterocycles. The molecule has 0 aromatic heterocycles. The molecule has 2 amide bonds. The molecule has 5 heteroatoms. The number of carbonyl (C=O) groups is 2. The lowest BCUT2D eigenvalue weighted by Gasteiger charge is -2.31. The fourth-order valence-corrected chi connectivity index (χ4v) is 2.37. The highest BCUT2D eigenvalue weighted by molar-refractivity contribution is 5.80. The summed E-state index contributed by atoms with van der Waals surface area (Å²) in [6.07, 6.45) is 3.57. The Kier molecular flexibility index (Phi) is 6.84. The third-order valence-electron chi connectivity index (χ3n) is 3.72. The number of aliphatic hydroxyl groups is 1. The average Bonchev–Trinajstić information content (AvgIpc) is 2.43. The number of nitrogens with zero attached hydrogens (tertiary/aromatic N) is 1. The van der Waals surface area contributed by atoms with Crippen molar-refractivity contribution in [3.8, 4) is 0 Å². The van der Waals surface area contributed by atoms with Crippen molar-refractivity contribution in [3.63, 3.8) is 0 Å². The van der Waals surface area contributed by atoms with E-state index >= 15 is 0 Å². The lowest BCUT2D eigenvalue weighted by atomic mass is 9.97. The number of hydrogen-bond acceptors (Lipinski definition) is 3. The molecule has 1 fully saturated rings. The Balaban J connectivity index is 2.23. The molecule has 0 radical (unpaired) electrons. The molecular formula is C14H26N2O3. The second-order valence-corrected chi connectivity index (χ2v) is 5.53. The number of piperidine rings is 1. The van der Waals surface area contributed by atoms with Crippen molar-refractivity contribution >= 4 is 11.8 Å². The number of nitrogens with one attached hydrogen (secondary N) is 1. The quantitative estimate of drug-likeness (QED) is 0.700. The normalized spacial score (nSPS) is 21.0. The van der Waals surface area contributed by atoms with Gasteiger partial charge >= 0.3 is 0 Å². The van der Waals surface area contributed by atoms with Crippen LogP contribution in [0.3, 0.4) is 0 Å². The second kappa shape index (κ2) is 8.15. The molecule has 0 saturated carbocycles. The third kappa shape index (κ3) is 5.59. The van der Waals surface area contributed by atoms with Gasteiger partial charge in [-0.2, -0.15) is 0 Å². The second-order valence-electron chi connectivity index (χ2n) is 5.53. The summed E-state index contributed by atoms with van der Waals surface area (Å²) in [5.41, 5.74) is 0. The lowest BCUT2D eigenvalue weighted by Crippen LogP contribution is -2.44. The Labute approximate surface area is 115 Å². The molecule has 1 aliphatic rings. The van der Waals surface area contributed by atoms with Crippen LogP contribution in [0.5, 0.6) is 0 Å². The van der Waals surface area contributed by atoms with Crippen molar-refractivity contribution < 1.29 is 14.7 Å². The predicted molar refractivity (Wildman–Crippen MR) is 73.5 cm³/mol. The average molecular weight is 270 g/mol. The number of amides is 2. The zero-order valence-electron chi connectivity index (χ0n) is 12.0. The fourth-order valence-electron chi connectivity index (χ4n) is 2.37. The first-order valence-electron chi connectivity index (χ1n) is 7.18. The van der Waals surface area contributed by atoms with Crippen LogP contribution in [0.2, 0.25) is 0 Å². The van der Waals surface area contributed by atoms with Crippen molar-refractivity contribution in [1.82, 2.24) is 10.2 Å². The molecule has 5 nitrogen and oxygen atoms in total. The topological polar surface area (TPSA) is 69.6 Å². The summed E-state index contributed by atoms with van der Waals surface area (Å²) in [6.45, 7) is 5.72. The van der Waals surface area contributed by atoms with E-state index in [4.69, 9.17) is 5.11 Å². The van der Waals surface area contributed by atoms with Gasteiger partial charge in [0.05, 0.1) is 5.92 Å². The number of likely N-dealkylation sites (tertiary alicyclic amines) is 1. The Bertz CT molecular complexity index is 307. The Morgan fingerprint density at radius 2 is 2.21 bits per heavy atom. The zero-order valence-corrected chi connectivity index (χ0v) is 12.0. The van der Waals surface area contributed by atoms with Crippen molar-refractivity contribution in [1.29, 1.82) is 0 Å². The summed E-state index contributed by atoms with van der Waals surface area (Å²) in [4.78, 5) is 25.0. The highest BCUT2D eigenvalue weighted by Gasteiger charge is 2.26. The van der Waals surface area contributed by atoms with Crippen LogP contribution in [0.4, 0.5) is 0 Å². The minimum Gasteiger partial charge on any atom is -0.396 e. The Morgan fingerprint density at radius 3 is 2.84 bits per heavy atom. The van der Waals surface area contributed by atoms with Crippen molar-refractivity contribution in [2.45, 2.75) is 39.5 Å². The van der Waals surface area contributed by atoms with E-state index in [1.54, 1.807) is 11.8 Å². The summed E-state index contributed by atoms with van der Waals surface area (Å²) in [6, 6.07) is 0. The summed E-state index contributed by atoms with van der Waals surface area (Å²) >= 11 is 0. The minimum atomic E-state index is -0.0621. The third-order valence-corrected chi connectivity index (χ3v) is 3.72. The van der Waals surface area contributed by atoms with Gasteiger partial charge in [-0.05, 0) is 31.6 Å². The van der Waals surface area contributed by atoms with Crippen LogP contribution < -0.4 is 5.32 Å². The summed E-state index contributed by atoms with van der Waals surface area (Å²) in [5, 5.41) is 11.8. The van der Waals surface area contributed by atoms with Crippen LogP contribution >= 0.6 is 0 Å². The highest BCUT2D eigenvalue weighted by atomic mass is 16.3. The summed E-state index contributed by atoms with van der Waals surface area (Å²) in [5.74, 6) is 0.338. The molecule has 2 atom stereocenters. The molecular weight excluding hydrogens is 244 g/mol. The van der Waals surface area contributed by atoms with Gasteiger partial charge in [-0.15, -0.1) is 0 Å². The van der Waals surface area contributed by atoms with Gasteiger partial charge in [-0.1, -0.05) is 6.92 Å². The molecule has 1 rings (SSSR count). The maximum atomic E-state index is 12.0. The van der Waals surface area contributed by atoms with Crippen LogP contribution in [-0.2, 0) is 9.59 Å². The van der Waals surface area contributed by atoms with Gasteiger partial charge in [0, 0.05) is 33.2 Å². The van der Waals surface area contributed by atoms with Gasteiger partial charge in [0.1, 0.15) is 0 Å². The number of aliphatic hydroxyl groups excluding tert-OH is 1. The molecule has 110 valence electrons. The zero-order chi connectivity index (χ0) is 14.3. The standard InChI is InChI=1S/C14H26N2O3/c1-11(10-17)5-3-7-15-14(19)13-6-4-8-16(9-13)12(2)18/h11,13,17H,3-10H2,1-2H3,(H,15,19). The fraction of sp³-hybridized carbons (Fsp3) is 0.857. The van der Waals surface area contributed by atoms with Gasteiger partial charge in [0.2, 0.25) is 11.8 Å². The molecule has 1 saturated heterocycles. The van der Waals surface area contributed by atoms with Crippen LogP contribution in [0.25, 0.3) is 0 Å². The molecule has 0 aromatic carbocycles. The highest BCUT2D eigenvalue weighted by Crippen LogP contribution is 2.16. The van der Waals surface area contributed by atoms with Crippen molar-refractivity contribution in [2.24, 2.45) is 11.8 Å².